The number of rotatable bonds is 24. The third-order valence-corrected chi connectivity index (χ3v) is 12.0. The van der Waals surface area contributed by atoms with E-state index in [1.807, 2.05) is 0 Å². The van der Waals surface area contributed by atoms with E-state index in [1.165, 1.54) is 122 Å². The summed E-state index contributed by atoms with van der Waals surface area (Å²) in [6.07, 6.45) is 36.0. The Morgan fingerprint density at radius 1 is 0.276 bits per heavy atom. The molecule has 0 amide bonds. The van der Waals surface area contributed by atoms with Crippen LogP contribution in [0.3, 0.4) is 0 Å². The van der Waals surface area contributed by atoms with Gasteiger partial charge in [0.2, 0.25) is 0 Å². The summed E-state index contributed by atoms with van der Waals surface area (Å²) in [5.74, 6) is 0. The minimum Gasteiger partial charge on any atom is -0.125 e. The zero-order chi connectivity index (χ0) is 21.5. The van der Waals surface area contributed by atoms with E-state index >= 15 is 0 Å². The van der Waals surface area contributed by atoms with Crippen LogP contribution in [0, 0.1) is 0 Å². The maximum absolute atomic E-state index is 2.39. The molecule has 0 unspecified atom stereocenters. The Morgan fingerprint density at radius 3 is 0.828 bits per heavy atom. The summed E-state index contributed by atoms with van der Waals surface area (Å²) in [6.45, 7) is 9.48. The van der Waals surface area contributed by atoms with Gasteiger partial charge in [0.1, 0.15) is 0 Å². The molecule has 0 aromatic carbocycles. The average molecular weight is 428 g/mol. The van der Waals surface area contributed by atoms with Gasteiger partial charge in [-0.05, 0) is 50.3 Å². The Labute approximate surface area is 188 Å². The van der Waals surface area contributed by atoms with Crippen molar-refractivity contribution in [3.8, 4) is 0 Å². The van der Waals surface area contributed by atoms with Gasteiger partial charge in [0.25, 0.3) is 0 Å². The van der Waals surface area contributed by atoms with Gasteiger partial charge in [0.15, 0.2) is 0 Å². The predicted octanol–water partition coefficient (Wildman–Crippen LogP) is 10.9. The van der Waals surface area contributed by atoms with Crippen molar-refractivity contribution in [2.75, 3.05) is 24.6 Å². The first-order valence-electron chi connectivity index (χ1n) is 14.1. The molecule has 0 atom stereocenters. The first kappa shape index (κ1) is 29.4. The van der Waals surface area contributed by atoms with Crippen LogP contribution >= 0.6 is 7.26 Å². The molecule has 0 heterocycles. The molecule has 177 valence electrons. The number of unbranched alkanes of at least 4 members (excludes halogenated alkanes) is 16. The Morgan fingerprint density at radius 2 is 0.517 bits per heavy atom. The summed E-state index contributed by atoms with van der Waals surface area (Å²) in [4.78, 5) is 0. The molecule has 0 N–H and O–H groups in total. The van der Waals surface area contributed by atoms with Gasteiger partial charge in [-0.3, -0.25) is 0 Å². The van der Waals surface area contributed by atoms with Crippen molar-refractivity contribution in [1.29, 1.82) is 0 Å². The molecule has 0 saturated heterocycles. The molecule has 0 aliphatic carbocycles. The molecule has 0 rings (SSSR count). The van der Waals surface area contributed by atoms with Gasteiger partial charge in [-0.2, -0.15) is 0 Å². The molecule has 0 aromatic rings. The zero-order valence-electron chi connectivity index (χ0n) is 21.4. The zero-order valence-corrected chi connectivity index (χ0v) is 22.3. The van der Waals surface area contributed by atoms with Gasteiger partial charge in [0.05, 0.1) is 0 Å². The van der Waals surface area contributed by atoms with Gasteiger partial charge < -0.3 is 0 Å². The Bertz CT molecular complexity index is 277. The molecule has 0 aliphatic rings. The Balaban J connectivity index is 3.79. The molecule has 0 saturated carbocycles. The van der Waals surface area contributed by atoms with Crippen LogP contribution in [0.2, 0.25) is 0 Å². The van der Waals surface area contributed by atoms with Crippen LogP contribution < -0.4 is 0 Å². The Kier molecular flexibility index (Phi) is 23.4. The van der Waals surface area contributed by atoms with Crippen LogP contribution in [0.5, 0.6) is 0 Å². The van der Waals surface area contributed by atoms with Crippen LogP contribution in [0.4, 0.5) is 0 Å². The summed E-state index contributed by atoms with van der Waals surface area (Å²) >= 11 is 0. The molecular formula is C28H60P. The largest absolute Gasteiger partial charge is 0.125 e. The highest BCUT2D eigenvalue weighted by atomic mass is 31.2. The van der Waals surface area contributed by atoms with E-state index in [-0.39, 0.29) is 0 Å². The summed E-state index contributed by atoms with van der Waals surface area (Å²) in [5, 5.41) is 0. The fourth-order valence-corrected chi connectivity index (χ4v) is 9.99. The van der Waals surface area contributed by atoms with E-state index < -0.39 is 7.26 Å². The normalized spacial score (nSPS) is 12.0. The van der Waals surface area contributed by atoms with Crippen molar-refractivity contribution in [3.05, 3.63) is 0 Å². The minimum atomic E-state index is -0.630. The number of hydrogen-bond acceptors (Lipinski definition) is 0. The van der Waals surface area contributed by atoms with Crippen molar-refractivity contribution in [1.82, 2.24) is 0 Å². The molecule has 1 radical (unpaired) electrons. The van der Waals surface area contributed by atoms with Gasteiger partial charge in [-0.1, -0.05) is 130 Å². The molecule has 0 spiro atoms. The van der Waals surface area contributed by atoms with Crippen molar-refractivity contribution >= 4 is 7.26 Å². The fraction of sp³-hybridized carbons (Fsp3) is 1.00. The summed E-state index contributed by atoms with van der Waals surface area (Å²) in [5.41, 5.74) is 0. The molecular weight excluding hydrogens is 367 g/mol. The standard InChI is InChI=1S/C28H60P/c1-5-9-13-14-15-16-17-18-19-20-21-22-23-24-28-29(25-10-6-2,26-11-7-3)27-12-8-4/h5-28H2,1-4H3. The molecule has 0 aliphatic heterocycles. The highest BCUT2D eigenvalue weighted by Gasteiger charge is 2.24. The summed E-state index contributed by atoms with van der Waals surface area (Å²) < 4.78 is 0. The fourth-order valence-electron chi connectivity index (χ4n) is 4.79. The number of hydrogen-bond donors (Lipinski definition) is 0. The van der Waals surface area contributed by atoms with Crippen LogP contribution in [0.15, 0.2) is 0 Å². The van der Waals surface area contributed by atoms with E-state index in [1.54, 1.807) is 31.1 Å². The highest BCUT2D eigenvalue weighted by molar-refractivity contribution is 7.75. The molecule has 29 heavy (non-hydrogen) atoms. The second-order valence-electron chi connectivity index (χ2n) is 9.89. The summed E-state index contributed by atoms with van der Waals surface area (Å²) in [6, 6.07) is 0. The van der Waals surface area contributed by atoms with E-state index in [2.05, 4.69) is 27.7 Å². The lowest BCUT2D eigenvalue weighted by atomic mass is 10.0. The summed E-state index contributed by atoms with van der Waals surface area (Å²) in [7, 11) is -0.630. The van der Waals surface area contributed by atoms with Crippen molar-refractivity contribution in [3.63, 3.8) is 0 Å². The highest BCUT2D eigenvalue weighted by Crippen LogP contribution is 2.61. The van der Waals surface area contributed by atoms with Gasteiger partial charge >= 0.3 is 0 Å². The van der Waals surface area contributed by atoms with E-state index in [9.17, 15) is 0 Å². The van der Waals surface area contributed by atoms with E-state index in [0.29, 0.717) is 0 Å². The molecule has 0 nitrogen and oxygen atoms in total. The monoisotopic (exact) mass is 427 g/mol. The first-order chi connectivity index (χ1) is 14.2. The van der Waals surface area contributed by atoms with Crippen LogP contribution in [0.25, 0.3) is 0 Å². The third-order valence-electron chi connectivity index (χ3n) is 6.94. The van der Waals surface area contributed by atoms with Crippen molar-refractivity contribution < 1.29 is 0 Å². The van der Waals surface area contributed by atoms with Crippen molar-refractivity contribution in [2.45, 2.75) is 156 Å². The second kappa shape index (κ2) is 23.1. The van der Waals surface area contributed by atoms with E-state index in [4.69, 9.17) is 0 Å². The van der Waals surface area contributed by atoms with E-state index in [0.717, 1.165) is 0 Å². The van der Waals surface area contributed by atoms with Crippen LogP contribution in [-0.2, 0) is 0 Å². The minimum absolute atomic E-state index is 0.630. The first-order valence-corrected chi connectivity index (χ1v) is 16.6. The molecule has 0 bridgehead atoms. The lowest BCUT2D eigenvalue weighted by Crippen LogP contribution is -2.13. The van der Waals surface area contributed by atoms with Crippen LogP contribution in [-0.4, -0.2) is 24.6 Å². The van der Waals surface area contributed by atoms with Gasteiger partial charge in [0, 0.05) is 0 Å². The maximum Gasteiger partial charge on any atom is -0.0359 e. The SMILES string of the molecule is CCCCCCCCCCCCCCCC[P](CCCC)(CCCC)CCCC. The van der Waals surface area contributed by atoms with Crippen LogP contribution in [0.1, 0.15) is 156 Å². The predicted molar refractivity (Wildman–Crippen MR) is 141 cm³/mol. The molecule has 1 heteroatoms. The topological polar surface area (TPSA) is 0 Å². The lowest BCUT2D eigenvalue weighted by Gasteiger charge is -2.37. The molecule has 0 aromatic heterocycles. The van der Waals surface area contributed by atoms with Gasteiger partial charge in [-0.15, -0.1) is 7.26 Å². The smallest absolute Gasteiger partial charge is 0.0359 e. The van der Waals surface area contributed by atoms with Crippen molar-refractivity contribution in [2.24, 2.45) is 0 Å². The van der Waals surface area contributed by atoms with Gasteiger partial charge in [-0.25, -0.2) is 0 Å². The molecule has 0 fully saturated rings. The third kappa shape index (κ3) is 18.9. The Hall–Kier alpha value is 0.430. The average Bonchev–Trinajstić information content (AvgIpc) is 2.74. The lowest BCUT2D eigenvalue weighted by molar-refractivity contribution is 0.538. The second-order valence-corrected chi connectivity index (χ2v) is 14.4. The maximum atomic E-state index is 2.39. The quantitative estimate of drug-likeness (QED) is 0.106.